The number of esters is 1. The number of carbonyl (C=O) groups excluding carboxylic acids is 3. The minimum Gasteiger partial charge on any atom is -0.457 e. The van der Waals surface area contributed by atoms with Crippen molar-refractivity contribution in [1.29, 1.82) is 0 Å². The second kappa shape index (κ2) is 10.8. The quantitative estimate of drug-likeness (QED) is 0.131. The molecule has 4 rings (SSSR count). The molecule has 0 bridgehead atoms. The molecule has 0 aromatic heterocycles. The van der Waals surface area contributed by atoms with Crippen LogP contribution < -0.4 is 9.08 Å². The van der Waals surface area contributed by atoms with Gasteiger partial charge in [-0.2, -0.15) is 8.42 Å². The number of ether oxygens (including phenoxy) is 1. The van der Waals surface area contributed by atoms with Crippen LogP contribution in [0.25, 0.3) is 0 Å². The maximum absolute atomic E-state index is 12.5. The lowest BCUT2D eigenvalue weighted by molar-refractivity contribution is -0.384. The lowest BCUT2D eigenvalue weighted by Gasteiger charge is -2.16. The van der Waals surface area contributed by atoms with Crippen molar-refractivity contribution in [3.8, 4) is 5.75 Å². The van der Waals surface area contributed by atoms with Crippen LogP contribution in [0.4, 0.5) is 11.4 Å². The molecule has 1 aliphatic heterocycles. The van der Waals surface area contributed by atoms with Crippen LogP contribution in [0.3, 0.4) is 0 Å². The van der Waals surface area contributed by atoms with E-state index in [9.17, 15) is 32.9 Å². The molecule has 1 amide bonds. The molecule has 38 heavy (non-hydrogen) atoms. The lowest BCUT2D eigenvalue weighted by Crippen LogP contribution is -2.27. The molecular weight excluding hydrogens is 516 g/mol. The van der Waals surface area contributed by atoms with Crippen molar-refractivity contribution in [2.75, 3.05) is 18.1 Å². The number of amides is 1. The summed E-state index contributed by atoms with van der Waals surface area (Å²) >= 11 is 0. The Morgan fingerprint density at radius 2 is 1.63 bits per heavy atom. The van der Waals surface area contributed by atoms with Gasteiger partial charge in [-0.15, -0.1) is 0 Å². The molecule has 1 aliphatic rings. The normalized spacial score (nSPS) is 15.2. The zero-order valence-corrected chi connectivity index (χ0v) is 20.9. The summed E-state index contributed by atoms with van der Waals surface area (Å²) in [6.07, 6.45) is -0.120. The van der Waals surface area contributed by atoms with Crippen molar-refractivity contribution in [3.05, 3.63) is 94.0 Å². The second-order valence-corrected chi connectivity index (χ2v) is 10.1. The van der Waals surface area contributed by atoms with Gasteiger partial charge in [0, 0.05) is 36.3 Å². The highest BCUT2D eigenvalue weighted by molar-refractivity contribution is 7.87. The molecular formula is C26H22N2O9S. The maximum Gasteiger partial charge on any atom is 0.339 e. The number of hydrogen-bond donors (Lipinski definition) is 0. The van der Waals surface area contributed by atoms with Gasteiger partial charge in [-0.3, -0.25) is 24.5 Å². The molecule has 3 aromatic rings. The Morgan fingerprint density at radius 1 is 1.00 bits per heavy atom. The first-order chi connectivity index (χ1) is 18.0. The monoisotopic (exact) mass is 538 g/mol. The van der Waals surface area contributed by atoms with Gasteiger partial charge in [0.2, 0.25) is 5.91 Å². The van der Waals surface area contributed by atoms with Crippen molar-refractivity contribution in [3.63, 3.8) is 0 Å². The van der Waals surface area contributed by atoms with Crippen LogP contribution in [0.5, 0.6) is 5.75 Å². The van der Waals surface area contributed by atoms with Gasteiger partial charge in [0.15, 0.2) is 12.4 Å². The first-order valence-corrected chi connectivity index (χ1v) is 12.8. The van der Waals surface area contributed by atoms with Gasteiger partial charge >= 0.3 is 16.1 Å². The second-order valence-electron chi connectivity index (χ2n) is 8.58. The van der Waals surface area contributed by atoms with E-state index in [4.69, 9.17) is 8.92 Å². The van der Waals surface area contributed by atoms with Gasteiger partial charge in [0.05, 0.1) is 10.8 Å². The minimum atomic E-state index is -4.04. The number of aryl methyl sites for hydroxylation is 1. The van der Waals surface area contributed by atoms with Gasteiger partial charge < -0.3 is 13.8 Å². The Labute approximate surface area is 217 Å². The van der Waals surface area contributed by atoms with Crippen molar-refractivity contribution >= 4 is 39.2 Å². The van der Waals surface area contributed by atoms with E-state index in [-0.39, 0.29) is 40.8 Å². The summed E-state index contributed by atoms with van der Waals surface area (Å²) in [5.41, 5.74) is 1.36. The van der Waals surface area contributed by atoms with E-state index >= 15 is 0 Å². The summed E-state index contributed by atoms with van der Waals surface area (Å²) in [7, 11) is -4.04. The standard InChI is InChI=1S/C26H22N2O9S/c1-17-2-12-23(13-3-17)38(34,35)37-22-10-4-18(5-11-22)24(29)16-36-26(31)19-14-25(30)27(15-19)20-6-8-21(9-7-20)28(32)33/h2-13,19H,14-16H2,1H3/t19-/m0/s1. The van der Waals surface area contributed by atoms with E-state index in [1.165, 1.54) is 65.6 Å². The number of benzene rings is 3. The molecule has 196 valence electrons. The summed E-state index contributed by atoms with van der Waals surface area (Å²) in [6, 6.07) is 16.9. The molecule has 0 aliphatic carbocycles. The number of anilines is 1. The van der Waals surface area contributed by atoms with E-state index in [1.54, 1.807) is 12.1 Å². The third-order valence-corrected chi connectivity index (χ3v) is 7.13. The van der Waals surface area contributed by atoms with Crippen LogP contribution in [0, 0.1) is 23.0 Å². The highest BCUT2D eigenvalue weighted by Gasteiger charge is 2.36. The zero-order valence-electron chi connectivity index (χ0n) is 20.1. The average molecular weight is 539 g/mol. The summed E-state index contributed by atoms with van der Waals surface area (Å²) < 4.78 is 35.1. The highest BCUT2D eigenvalue weighted by atomic mass is 32.2. The SMILES string of the molecule is Cc1ccc(S(=O)(=O)Oc2ccc(C(=O)COC(=O)[C@H]3CC(=O)N(c4ccc([N+](=O)[O-])cc4)C3)cc2)cc1. The fraction of sp³-hybridized carbons (Fsp3) is 0.192. The van der Waals surface area contributed by atoms with E-state index < -0.39 is 39.3 Å². The number of hydrogen-bond acceptors (Lipinski definition) is 9. The number of nitrogens with zero attached hydrogens (tertiary/aromatic N) is 2. The number of non-ortho nitro benzene ring substituents is 1. The molecule has 0 spiro atoms. The van der Waals surface area contributed by atoms with Crippen LogP contribution in [-0.2, 0) is 24.4 Å². The van der Waals surface area contributed by atoms with E-state index in [0.717, 1.165) is 5.56 Å². The summed E-state index contributed by atoms with van der Waals surface area (Å²) in [6.45, 7) is 1.28. The van der Waals surface area contributed by atoms with Gasteiger partial charge in [-0.1, -0.05) is 17.7 Å². The first-order valence-electron chi connectivity index (χ1n) is 11.4. The smallest absolute Gasteiger partial charge is 0.339 e. The van der Waals surface area contributed by atoms with Gasteiger partial charge in [0.25, 0.3) is 5.69 Å². The molecule has 1 saturated heterocycles. The maximum atomic E-state index is 12.5. The third kappa shape index (κ3) is 6.03. The van der Waals surface area contributed by atoms with Crippen molar-refractivity contribution in [2.45, 2.75) is 18.2 Å². The van der Waals surface area contributed by atoms with Crippen LogP contribution in [0.2, 0.25) is 0 Å². The third-order valence-electron chi connectivity index (χ3n) is 5.87. The predicted molar refractivity (Wildman–Crippen MR) is 134 cm³/mol. The summed E-state index contributed by atoms with van der Waals surface area (Å²) in [5, 5.41) is 10.8. The number of rotatable bonds is 9. The fourth-order valence-corrected chi connectivity index (χ4v) is 4.71. The molecule has 0 unspecified atom stereocenters. The van der Waals surface area contributed by atoms with Gasteiger partial charge in [-0.05, 0) is 55.5 Å². The number of carbonyl (C=O) groups is 3. The molecule has 1 fully saturated rings. The fourth-order valence-electron chi connectivity index (χ4n) is 3.78. The Bertz CT molecular complexity index is 1480. The molecule has 0 saturated carbocycles. The summed E-state index contributed by atoms with van der Waals surface area (Å²) in [4.78, 5) is 48.9. The highest BCUT2D eigenvalue weighted by Crippen LogP contribution is 2.27. The molecule has 11 nitrogen and oxygen atoms in total. The van der Waals surface area contributed by atoms with Crippen LogP contribution in [-0.4, -0.2) is 44.2 Å². The number of Topliss-reactive ketones (excluding diaryl/α,β-unsaturated/α-hetero) is 1. The molecule has 3 aromatic carbocycles. The first kappa shape index (κ1) is 26.5. The van der Waals surface area contributed by atoms with E-state index in [2.05, 4.69) is 0 Å². The number of ketones is 1. The van der Waals surface area contributed by atoms with E-state index in [0.29, 0.717) is 5.69 Å². The Kier molecular flexibility index (Phi) is 7.53. The predicted octanol–water partition coefficient (Wildman–Crippen LogP) is 3.45. The largest absolute Gasteiger partial charge is 0.457 e. The zero-order chi connectivity index (χ0) is 27.4. The topological polar surface area (TPSA) is 150 Å². The van der Waals surface area contributed by atoms with E-state index in [1.807, 2.05) is 6.92 Å². The van der Waals surface area contributed by atoms with Crippen molar-refractivity contribution < 1.29 is 36.6 Å². The van der Waals surface area contributed by atoms with Gasteiger partial charge in [0.1, 0.15) is 10.6 Å². The molecule has 1 heterocycles. The molecule has 1 atom stereocenters. The summed E-state index contributed by atoms with van der Waals surface area (Å²) in [5.74, 6) is -2.38. The molecule has 0 N–H and O–H groups in total. The Balaban J connectivity index is 1.31. The van der Waals surface area contributed by atoms with Crippen LogP contribution in [0.1, 0.15) is 22.3 Å². The van der Waals surface area contributed by atoms with Crippen molar-refractivity contribution in [1.82, 2.24) is 0 Å². The number of nitro benzene ring substituents is 1. The number of nitro groups is 1. The molecule has 12 heteroatoms. The minimum absolute atomic E-state index is 0.00676. The average Bonchev–Trinajstić information content (AvgIpc) is 3.29. The Morgan fingerprint density at radius 3 is 2.24 bits per heavy atom. The Hall–Kier alpha value is -4.58. The van der Waals surface area contributed by atoms with Crippen LogP contribution in [0.15, 0.2) is 77.7 Å². The van der Waals surface area contributed by atoms with Gasteiger partial charge in [-0.25, -0.2) is 0 Å². The molecule has 0 radical (unpaired) electrons. The van der Waals surface area contributed by atoms with Crippen molar-refractivity contribution in [2.24, 2.45) is 5.92 Å². The van der Waals surface area contributed by atoms with Crippen LogP contribution >= 0.6 is 0 Å². The lowest BCUT2D eigenvalue weighted by atomic mass is 10.1.